The van der Waals surface area contributed by atoms with Crippen molar-refractivity contribution >= 4 is 15.9 Å². The summed E-state index contributed by atoms with van der Waals surface area (Å²) in [7, 11) is 3.21. The van der Waals surface area contributed by atoms with E-state index in [4.69, 9.17) is 9.47 Å². The van der Waals surface area contributed by atoms with Crippen molar-refractivity contribution in [2.75, 3.05) is 14.2 Å². The fourth-order valence-electron chi connectivity index (χ4n) is 1.38. The van der Waals surface area contributed by atoms with Gasteiger partial charge < -0.3 is 14.6 Å². The van der Waals surface area contributed by atoms with E-state index in [0.29, 0.717) is 17.9 Å². The van der Waals surface area contributed by atoms with E-state index in [1.54, 1.807) is 21.1 Å². The minimum Gasteiger partial charge on any atom is -0.495 e. The van der Waals surface area contributed by atoms with Crippen molar-refractivity contribution < 1.29 is 14.6 Å². The van der Waals surface area contributed by atoms with Gasteiger partial charge in [0, 0.05) is 0 Å². The largest absolute Gasteiger partial charge is 0.495 e. The summed E-state index contributed by atoms with van der Waals surface area (Å²) in [5.74, 6) is 1.43. The zero-order chi connectivity index (χ0) is 11.4. The standard InChI is InChI=1S/C11H15BrO3/c1-7(13)4-8-5-9(14-2)11(12)10(6-8)15-3/h5-7,13H,4H2,1-3H3/t7-/m0/s1. The zero-order valence-electron chi connectivity index (χ0n) is 9.08. The lowest BCUT2D eigenvalue weighted by atomic mass is 10.1. The third kappa shape index (κ3) is 3.11. The Morgan fingerprint density at radius 3 is 2.07 bits per heavy atom. The minimum absolute atomic E-state index is 0.374. The van der Waals surface area contributed by atoms with Crippen LogP contribution in [-0.2, 0) is 6.42 Å². The number of aliphatic hydroxyl groups is 1. The maximum absolute atomic E-state index is 9.31. The fourth-order valence-corrected chi connectivity index (χ4v) is 1.94. The number of rotatable bonds is 4. The Morgan fingerprint density at radius 2 is 1.73 bits per heavy atom. The number of ether oxygens (including phenoxy) is 2. The minimum atomic E-state index is -0.374. The zero-order valence-corrected chi connectivity index (χ0v) is 10.7. The van der Waals surface area contributed by atoms with Gasteiger partial charge in [-0.15, -0.1) is 0 Å². The molecule has 0 unspecified atom stereocenters. The molecular weight excluding hydrogens is 260 g/mol. The van der Waals surface area contributed by atoms with Crippen LogP contribution in [0.15, 0.2) is 16.6 Å². The van der Waals surface area contributed by atoms with Crippen molar-refractivity contribution in [1.29, 1.82) is 0 Å². The van der Waals surface area contributed by atoms with Crippen LogP contribution in [0.4, 0.5) is 0 Å². The van der Waals surface area contributed by atoms with Crippen LogP contribution in [0, 0.1) is 0 Å². The van der Waals surface area contributed by atoms with E-state index in [1.165, 1.54) is 0 Å². The predicted molar refractivity (Wildman–Crippen MR) is 62.6 cm³/mol. The van der Waals surface area contributed by atoms with Crippen LogP contribution in [0.25, 0.3) is 0 Å². The van der Waals surface area contributed by atoms with Gasteiger partial charge in [-0.25, -0.2) is 0 Å². The van der Waals surface area contributed by atoms with E-state index < -0.39 is 0 Å². The van der Waals surface area contributed by atoms with Crippen LogP contribution in [0.2, 0.25) is 0 Å². The van der Waals surface area contributed by atoms with Crippen LogP contribution >= 0.6 is 15.9 Å². The molecule has 0 amide bonds. The Labute approximate surface area is 98.1 Å². The molecule has 1 aromatic rings. The number of hydrogen-bond donors (Lipinski definition) is 1. The molecule has 0 aliphatic rings. The van der Waals surface area contributed by atoms with E-state index >= 15 is 0 Å². The average Bonchev–Trinajstić information content (AvgIpc) is 2.19. The molecule has 0 saturated carbocycles. The van der Waals surface area contributed by atoms with Gasteiger partial charge in [-0.1, -0.05) is 0 Å². The van der Waals surface area contributed by atoms with Crippen molar-refractivity contribution in [3.8, 4) is 11.5 Å². The molecule has 0 heterocycles. The van der Waals surface area contributed by atoms with Gasteiger partial charge >= 0.3 is 0 Å². The Hall–Kier alpha value is -0.740. The number of aliphatic hydroxyl groups excluding tert-OH is 1. The Morgan fingerprint density at radius 1 is 1.27 bits per heavy atom. The first-order valence-corrected chi connectivity index (χ1v) is 5.46. The SMILES string of the molecule is COc1cc(C[C@H](C)O)cc(OC)c1Br. The second-order valence-electron chi connectivity index (χ2n) is 3.37. The molecule has 84 valence electrons. The normalized spacial score (nSPS) is 12.3. The number of benzene rings is 1. The molecule has 15 heavy (non-hydrogen) atoms. The van der Waals surface area contributed by atoms with E-state index in [9.17, 15) is 5.11 Å². The average molecular weight is 275 g/mol. The number of halogens is 1. The van der Waals surface area contributed by atoms with Gasteiger partial charge in [0.15, 0.2) is 0 Å². The maximum Gasteiger partial charge on any atom is 0.137 e. The van der Waals surface area contributed by atoms with Crippen molar-refractivity contribution in [2.45, 2.75) is 19.4 Å². The smallest absolute Gasteiger partial charge is 0.137 e. The molecule has 0 radical (unpaired) electrons. The monoisotopic (exact) mass is 274 g/mol. The summed E-state index contributed by atoms with van der Waals surface area (Å²) in [6.07, 6.45) is 0.209. The van der Waals surface area contributed by atoms with Gasteiger partial charge in [0.1, 0.15) is 16.0 Å². The van der Waals surface area contributed by atoms with Gasteiger partial charge in [0.2, 0.25) is 0 Å². The summed E-state index contributed by atoms with van der Waals surface area (Å²) in [5, 5.41) is 9.31. The molecule has 0 aliphatic heterocycles. The van der Waals surface area contributed by atoms with Crippen LogP contribution in [-0.4, -0.2) is 25.4 Å². The molecule has 0 spiro atoms. The molecule has 1 atom stereocenters. The van der Waals surface area contributed by atoms with E-state index in [0.717, 1.165) is 10.0 Å². The highest BCUT2D eigenvalue weighted by Gasteiger charge is 2.10. The molecule has 0 bridgehead atoms. The summed E-state index contributed by atoms with van der Waals surface area (Å²) in [6, 6.07) is 3.78. The lowest BCUT2D eigenvalue weighted by molar-refractivity contribution is 0.195. The van der Waals surface area contributed by atoms with Crippen LogP contribution in [0.5, 0.6) is 11.5 Å². The first kappa shape index (κ1) is 12.3. The van der Waals surface area contributed by atoms with Crippen LogP contribution in [0.3, 0.4) is 0 Å². The number of hydrogen-bond acceptors (Lipinski definition) is 3. The van der Waals surface area contributed by atoms with E-state index in [-0.39, 0.29) is 6.10 Å². The maximum atomic E-state index is 9.31. The fraction of sp³-hybridized carbons (Fsp3) is 0.455. The summed E-state index contributed by atoms with van der Waals surface area (Å²) >= 11 is 3.39. The van der Waals surface area contributed by atoms with Crippen molar-refractivity contribution in [3.63, 3.8) is 0 Å². The lowest BCUT2D eigenvalue weighted by Crippen LogP contribution is -2.05. The Kier molecular flexibility index (Phi) is 4.42. The van der Waals surface area contributed by atoms with Crippen LogP contribution < -0.4 is 9.47 Å². The van der Waals surface area contributed by atoms with Crippen molar-refractivity contribution in [1.82, 2.24) is 0 Å². The van der Waals surface area contributed by atoms with Crippen molar-refractivity contribution in [2.24, 2.45) is 0 Å². The molecule has 1 aromatic carbocycles. The summed E-state index contributed by atoms with van der Waals surface area (Å²) < 4.78 is 11.2. The van der Waals surface area contributed by atoms with Crippen molar-refractivity contribution in [3.05, 3.63) is 22.2 Å². The first-order valence-electron chi connectivity index (χ1n) is 4.67. The van der Waals surface area contributed by atoms with Gasteiger partial charge in [-0.3, -0.25) is 0 Å². The molecule has 4 heteroatoms. The predicted octanol–water partition coefficient (Wildman–Crippen LogP) is 2.39. The second-order valence-corrected chi connectivity index (χ2v) is 4.16. The first-order chi connectivity index (χ1) is 7.08. The molecule has 0 saturated heterocycles. The summed E-state index contributed by atoms with van der Waals surface area (Å²) in [6.45, 7) is 1.75. The molecular formula is C11H15BrO3. The highest BCUT2D eigenvalue weighted by Crippen LogP contribution is 2.35. The van der Waals surface area contributed by atoms with Crippen LogP contribution in [0.1, 0.15) is 12.5 Å². The van der Waals surface area contributed by atoms with Gasteiger partial charge in [-0.2, -0.15) is 0 Å². The Balaban J connectivity index is 3.09. The third-order valence-electron chi connectivity index (χ3n) is 2.04. The summed E-state index contributed by atoms with van der Waals surface area (Å²) in [5.41, 5.74) is 0.988. The quantitative estimate of drug-likeness (QED) is 0.917. The highest BCUT2D eigenvalue weighted by atomic mass is 79.9. The molecule has 1 rings (SSSR count). The molecule has 0 aromatic heterocycles. The van der Waals surface area contributed by atoms with Gasteiger partial charge in [-0.05, 0) is 47.0 Å². The third-order valence-corrected chi connectivity index (χ3v) is 2.82. The molecule has 0 fully saturated rings. The molecule has 3 nitrogen and oxygen atoms in total. The summed E-state index contributed by atoms with van der Waals surface area (Å²) in [4.78, 5) is 0. The van der Waals surface area contributed by atoms with Gasteiger partial charge in [0.05, 0.1) is 20.3 Å². The van der Waals surface area contributed by atoms with E-state index in [2.05, 4.69) is 15.9 Å². The Bertz CT molecular complexity index is 312. The highest BCUT2D eigenvalue weighted by molar-refractivity contribution is 9.10. The van der Waals surface area contributed by atoms with E-state index in [1.807, 2.05) is 12.1 Å². The molecule has 1 N–H and O–H groups in total. The van der Waals surface area contributed by atoms with Gasteiger partial charge in [0.25, 0.3) is 0 Å². The topological polar surface area (TPSA) is 38.7 Å². The second kappa shape index (κ2) is 5.37. The molecule has 0 aliphatic carbocycles. The lowest BCUT2D eigenvalue weighted by Gasteiger charge is -2.12. The number of methoxy groups -OCH3 is 2.